The summed E-state index contributed by atoms with van der Waals surface area (Å²) >= 11 is 1.39. The minimum atomic E-state index is -0.364. The Bertz CT molecular complexity index is 675. The van der Waals surface area contributed by atoms with E-state index >= 15 is 0 Å². The predicted octanol–water partition coefficient (Wildman–Crippen LogP) is 3.15. The number of hydrogen-bond donors (Lipinski definition) is 0. The van der Waals surface area contributed by atoms with Crippen molar-refractivity contribution in [3.05, 3.63) is 65.8 Å². The molecule has 0 aliphatic rings. The number of esters is 1. The third kappa shape index (κ3) is 2.56. The molecule has 0 fully saturated rings. The molecule has 19 heavy (non-hydrogen) atoms. The molecule has 0 saturated heterocycles. The van der Waals surface area contributed by atoms with E-state index in [0.717, 1.165) is 5.69 Å². The van der Waals surface area contributed by atoms with Crippen LogP contribution in [0.2, 0.25) is 0 Å². The second-order valence-corrected chi connectivity index (χ2v) is 4.73. The van der Waals surface area contributed by atoms with Gasteiger partial charge in [-0.25, -0.2) is 9.48 Å². The fourth-order valence-electron chi connectivity index (χ4n) is 1.67. The maximum absolute atomic E-state index is 12.0. The summed E-state index contributed by atoms with van der Waals surface area (Å²) in [5.74, 6) is -0.364. The van der Waals surface area contributed by atoms with E-state index in [2.05, 4.69) is 5.10 Å². The fraction of sp³-hybridized carbons (Fsp3) is 0. The van der Waals surface area contributed by atoms with Gasteiger partial charge in [-0.1, -0.05) is 6.07 Å². The van der Waals surface area contributed by atoms with Crippen molar-refractivity contribution in [2.24, 2.45) is 0 Å². The molecule has 0 aliphatic carbocycles. The number of nitrogens with zero attached hydrogens (tertiary/aromatic N) is 2. The number of aromatic nitrogens is 2. The average Bonchev–Trinajstić information content (AvgIpc) is 3.12. The Morgan fingerprint density at radius 2 is 2.16 bits per heavy atom. The first kappa shape index (κ1) is 11.7. The van der Waals surface area contributed by atoms with Gasteiger partial charge in [0.15, 0.2) is 5.06 Å². The van der Waals surface area contributed by atoms with Crippen molar-refractivity contribution in [1.82, 2.24) is 9.78 Å². The molecule has 0 saturated carbocycles. The van der Waals surface area contributed by atoms with E-state index in [1.807, 2.05) is 35.8 Å². The largest absolute Gasteiger partial charge is 0.412 e. The minimum absolute atomic E-state index is 0.364. The van der Waals surface area contributed by atoms with Gasteiger partial charge in [0, 0.05) is 12.4 Å². The predicted molar refractivity (Wildman–Crippen MR) is 72.8 cm³/mol. The number of rotatable bonds is 3. The Balaban J connectivity index is 1.85. The van der Waals surface area contributed by atoms with Gasteiger partial charge >= 0.3 is 5.97 Å². The van der Waals surface area contributed by atoms with Crippen LogP contribution in [0.1, 0.15) is 10.4 Å². The van der Waals surface area contributed by atoms with Crippen LogP contribution in [0.3, 0.4) is 0 Å². The van der Waals surface area contributed by atoms with Crippen LogP contribution >= 0.6 is 11.3 Å². The molecule has 0 aliphatic heterocycles. The molecule has 4 nitrogen and oxygen atoms in total. The van der Waals surface area contributed by atoms with Crippen LogP contribution in [0.25, 0.3) is 5.69 Å². The lowest BCUT2D eigenvalue weighted by Gasteiger charge is -2.05. The Morgan fingerprint density at radius 3 is 2.89 bits per heavy atom. The highest BCUT2D eigenvalue weighted by molar-refractivity contribution is 7.11. The zero-order valence-corrected chi connectivity index (χ0v) is 10.7. The summed E-state index contributed by atoms with van der Waals surface area (Å²) in [5.41, 5.74) is 1.33. The summed E-state index contributed by atoms with van der Waals surface area (Å²) in [6.45, 7) is 0. The van der Waals surface area contributed by atoms with E-state index < -0.39 is 0 Å². The van der Waals surface area contributed by atoms with Crippen molar-refractivity contribution in [3.63, 3.8) is 0 Å². The molecular weight excluding hydrogens is 260 g/mol. The van der Waals surface area contributed by atoms with Crippen LogP contribution < -0.4 is 4.74 Å². The topological polar surface area (TPSA) is 44.1 Å². The molecule has 0 bridgehead atoms. The minimum Gasteiger partial charge on any atom is -0.412 e. The lowest BCUT2D eigenvalue weighted by Crippen LogP contribution is -2.08. The molecule has 0 N–H and O–H groups in total. The zero-order chi connectivity index (χ0) is 13.1. The number of carbonyl (C=O) groups is 1. The van der Waals surface area contributed by atoms with Gasteiger partial charge in [0.05, 0.1) is 11.3 Å². The number of hydrogen-bond acceptors (Lipinski definition) is 4. The zero-order valence-electron chi connectivity index (χ0n) is 9.89. The van der Waals surface area contributed by atoms with Crippen LogP contribution in [0.15, 0.2) is 60.2 Å². The second kappa shape index (κ2) is 5.07. The number of ether oxygens (including phenoxy) is 1. The summed E-state index contributed by atoms with van der Waals surface area (Å²) in [5, 5.41) is 6.59. The van der Waals surface area contributed by atoms with Gasteiger partial charge in [0.25, 0.3) is 0 Å². The Morgan fingerprint density at radius 1 is 1.21 bits per heavy atom. The van der Waals surface area contributed by atoms with Crippen LogP contribution in [0.5, 0.6) is 5.06 Å². The molecule has 2 heterocycles. The highest BCUT2D eigenvalue weighted by atomic mass is 32.1. The summed E-state index contributed by atoms with van der Waals surface area (Å²) in [6, 6.07) is 12.6. The van der Waals surface area contributed by atoms with E-state index in [-0.39, 0.29) is 5.97 Å². The SMILES string of the molecule is O=C(Oc1cccs1)c1cccc(-n2cccn2)c1. The molecule has 0 amide bonds. The Labute approximate surface area is 113 Å². The van der Waals surface area contributed by atoms with Crippen molar-refractivity contribution in [2.75, 3.05) is 0 Å². The van der Waals surface area contributed by atoms with E-state index in [1.165, 1.54) is 11.3 Å². The first-order valence-electron chi connectivity index (χ1n) is 5.69. The maximum atomic E-state index is 12.0. The third-order valence-electron chi connectivity index (χ3n) is 2.54. The van der Waals surface area contributed by atoms with Crippen LogP contribution in [0, 0.1) is 0 Å². The number of benzene rings is 1. The monoisotopic (exact) mass is 270 g/mol. The molecule has 94 valence electrons. The van der Waals surface area contributed by atoms with Gasteiger partial charge in [0.1, 0.15) is 0 Å². The molecule has 5 heteroatoms. The van der Waals surface area contributed by atoms with E-state index in [1.54, 1.807) is 29.1 Å². The Hall–Kier alpha value is -2.40. The van der Waals surface area contributed by atoms with Gasteiger partial charge < -0.3 is 4.74 Å². The lowest BCUT2D eigenvalue weighted by atomic mass is 10.2. The van der Waals surface area contributed by atoms with Crippen LogP contribution in [-0.4, -0.2) is 15.7 Å². The van der Waals surface area contributed by atoms with Gasteiger partial charge in [-0.3, -0.25) is 0 Å². The summed E-state index contributed by atoms with van der Waals surface area (Å²) in [6.07, 6.45) is 3.51. The molecule has 0 radical (unpaired) electrons. The van der Waals surface area contributed by atoms with Gasteiger partial charge in [-0.05, 0) is 41.8 Å². The standard InChI is InChI=1S/C14H10N2O2S/c17-14(18-13-6-2-9-19-13)11-4-1-5-12(10-11)16-8-3-7-15-16/h1-10H. The molecular formula is C14H10N2O2S. The van der Waals surface area contributed by atoms with Gasteiger partial charge in [-0.15, -0.1) is 11.3 Å². The smallest absolute Gasteiger partial charge is 0.344 e. The van der Waals surface area contributed by atoms with Crippen LogP contribution in [0.4, 0.5) is 0 Å². The van der Waals surface area contributed by atoms with E-state index in [9.17, 15) is 4.79 Å². The molecule has 2 aromatic heterocycles. The number of thiophene rings is 1. The molecule has 0 atom stereocenters. The third-order valence-corrected chi connectivity index (χ3v) is 3.28. The highest BCUT2D eigenvalue weighted by Gasteiger charge is 2.10. The quantitative estimate of drug-likeness (QED) is 0.687. The lowest BCUT2D eigenvalue weighted by molar-refractivity contribution is 0.0740. The van der Waals surface area contributed by atoms with Crippen LogP contribution in [-0.2, 0) is 0 Å². The first-order valence-corrected chi connectivity index (χ1v) is 6.57. The molecule has 1 aromatic carbocycles. The maximum Gasteiger partial charge on any atom is 0.344 e. The normalized spacial score (nSPS) is 10.3. The molecule has 0 unspecified atom stereocenters. The average molecular weight is 270 g/mol. The summed E-state index contributed by atoms with van der Waals surface area (Å²) < 4.78 is 6.96. The van der Waals surface area contributed by atoms with Crippen molar-refractivity contribution in [2.45, 2.75) is 0 Å². The molecule has 0 spiro atoms. The second-order valence-electron chi connectivity index (χ2n) is 3.82. The number of carbonyl (C=O) groups excluding carboxylic acids is 1. The highest BCUT2D eigenvalue weighted by Crippen LogP contribution is 2.20. The fourth-order valence-corrected chi connectivity index (χ4v) is 2.24. The molecule has 3 aromatic rings. The van der Waals surface area contributed by atoms with Crippen molar-refractivity contribution in [1.29, 1.82) is 0 Å². The van der Waals surface area contributed by atoms with Crippen molar-refractivity contribution >= 4 is 17.3 Å². The summed E-state index contributed by atoms with van der Waals surface area (Å²) in [4.78, 5) is 12.0. The summed E-state index contributed by atoms with van der Waals surface area (Å²) in [7, 11) is 0. The van der Waals surface area contributed by atoms with Gasteiger partial charge in [0.2, 0.25) is 0 Å². The molecule has 3 rings (SSSR count). The van der Waals surface area contributed by atoms with Crippen molar-refractivity contribution in [3.8, 4) is 10.8 Å². The Kier molecular flexibility index (Phi) is 3.12. The van der Waals surface area contributed by atoms with Gasteiger partial charge in [-0.2, -0.15) is 5.10 Å². The van der Waals surface area contributed by atoms with E-state index in [4.69, 9.17) is 4.74 Å². The van der Waals surface area contributed by atoms with E-state index in [0.29, 0.717) is 10.6 Å². The van der Waals surface area contributed by atoms with Crippen molar-refractivity contribution < 1.29 is 9.53 Å². The first-order chi connectivity index (χ1) is 9.33.